The van der Waals surface area contributed by atoms with Gasteiger partial charge in [0, 0.05) is 34.6 Å². The molecular weight excluding hydrogens is 334 g/mol. The predicted molar refractivity (Wildman–Crippen MR) is 104 cm³/mol. The molecule has 0 radical (unpaired) electrons. The van der Waals surface area contributed by atoms with Crippen LogP contribution in [0.3, 0.4) is 0 Å². The van der Waals surface area contributed by atoms with Gasteiger partial charge in [-0.3, -0.25) is 0 Å². The van der Waals surface area contributed by atoms with Gasteiger partial charge >= 0.3 is 0 Å². The van der Waals surface area contributed by atoms with Gasteiger partial charge in [0.1, 0.15) is 18.1 Å². The fraction of sp³-hybridized carbons (Fsp3) is 0.250. The molecule has 4 nitrogen and oxygen atoms in total. The van der Waals surface area contributed by atoms with Gasteiger partial charge in [-0.05, 0) is 50.2 Å². The van der Waals surface area contributed by atoms with E-state index in [0.29, 0.717) is 11.7 Å². The molecule has 0 aliphatic carbocycles. The highest BCUT2D eigenvalue weighted by molar-refractivity contribution is 6.31. The van der Waals surface area contributed by atoms with Crippen molar-refractivity contribution >= 4 is 28.8 Å². The fourth-order valence-electron chi connectivity index (χ4n) is 2.57. The van der Waals surface area contributed by atoms with Crippen LogP contribution in [0.1, 0.15) is 25.0 Å². The van der Waals surface area contributed by atoms with E-state index in [-0.39, 0.29) is 0 Å². The molecule has 0 amide bonds. The maximum Gasteiger partial charge on any atom is 0.139 e. The van der Waals surface area contributed by atoms with Crippen molar-refractivity contribution in [3.05, 3.63) is 58.6 Å². The summed E-state index contributed by atoms with van der Waals surface area (Å²) in [5.74, 6) is 6.72. The zero-order chi connectivity index (χ0) is 18.0. The molecule has 0 unspecified atom stereocenters. The van der Waals surface area contributed by atoms with Crippen molar-refractivity contribution < 1.29 is 5.11 Å². The third kappa shape index (κ3) is 4.14. The van der Waals surface area contributed by atoms with E-state index in [0.717, 1.165) is 28.3 Å². The first-order chi connectivity index (χ1) is 11.8. The number of fused-ring (bicyclic) bond motifs is 1. The number of benzene rings is 2. The summed E-state index contributed by atoms with van der Waals surface area (Å²) in [5.41, 5.74) is 2.79. The Labute approximate surface area is 153 Å². The van der Waals surface area contributed by atoms with E-state index >= 15 is 0 Å². The van der Waals surface area contributed by atoms with Crippen molar-refractivity contribution in [1.29, 1.82) is 0 Å². The molecule has 0 bridgehead atoms. The van der Waals surface area contributed by atoms with Gasteiger partial charge in [0.15, 0.2) is 0 Å². The van der Waals surface area contributed by atoms with Crippen LogP contribution in [0, 0.1) is 11.8 Å². The summed E-state index contributed by atoms with van der Waals surface area (Å²) >= 11 is 6.08. The van der Waals surface area contributed by atoms with Gasteiger partial charge in [-0.1, -0.05) is 29.5 Å². The van der Waals surface area contributed by atoms with Crippen LogP contribution in [0.15, 0.2) is 47.5 Å². The van der Waals surface area contributed by atoms with Crippen molar-refractivity contribution in [2.24, 2.45) is 4.99 Å². The van der Waals surface area contributed by atoms with Gasteiger partial charge in [-0.2, -0.15) is 0 Å². The monoisotopic (exact) mass is 353 g/mol. The van der Waals surface area contributed by atoms with Gasteiger partial charge in [0.25, 0.3) is 0 Å². The van der Waals surface area contributed by atoms with Gasteiger partial charge in [0.05, 0.1) is 0 Å². The average molecular weight is 354 g/mol. The van der Waals surface area contributed by atoms with Crippen LogP contribution < -0.4 is 10.2 Å². The third-order valence-electron chi connectivity index (χ3n) is 3.78. The number of anilines is 2. The molecule has 2 aromatic rings. The maximum absolute atomic E-state index is 9.77. The number of rotatable bonds is 1. The summed E-state index contributed by atoms with van der Waals surface area (Å²) in [6.45, 7) is 3.84. The predicted octanol–water partition coefficient (Wildman–Crippen LogP) is 3.73. The van der Waals surface area contributed by atoms with Crippen LogP contribution in [-0.4, -0.2) is 30.3 Å². The Balaban J connectivity index is 1.93. The van der Waals surface area contributed by atoms with Gasteiger partial charge in [-0.25, -0.2) is 4.99 Å². The summed E-state index contributed by atoms with van der Waals surface area (Å²) in [5, 5.41) is 13.7. The van der Waals surface area contributed by atoms with Crippen LogP contribution in [0.25, 0.3) is 0 Å². The molecular formula is C20H20ClN3O. The number of nitrogens with one attached hydrogen (secondary N) is 1. The lowest BCUT2D eigenvalue weighted by atomic mass is 10.1. The van der Waals surface area contributed by atoms with E-state index in [1.807, 2.05) is 54.4 Å². The lowest BCUT2D eigenvalue weighted by molar-refractivity contribution is 0.143. The van der Waals surface area contributed by atoms with Gasteiger partial charge < -0.3 is 15.3 Å². The molecule has 0 atom stereocenters. The number of halogens is 1. The second kappa shape index (κ2) is 6.79. The quantitative estimate of drug-likeness (QED) is 0.768. The molecule has 0 saturated heterocycles. The topological polar surface area (TPSA) is 47.9 Å². The first-order valence-corrected chi connectivity index (χ1v) is 8.39. The standard InChI is InChI=1S/C20H20ClN3O/c1-20(2,25)10-9-14-5-4-6-16(11-14)24(3)19-17-8-7-15(21)12-18(17)22-13-23-19/h4-8,11-12,22,25H,13H2,1-3H3. The van der Waals surface area contributed by atoms with Crippen LogP contribution in [0.5, 0.6) is 0 Å². The SMILES string of the molecule is CN(C1=NCNc2cc(Cl)ccc21)c1cccc(C#CC(C)(C)O)c1. The Morgan fingerprint density at radius 1 is 1.24 bits per heavy atom. The summed E-state index contributed by atoms with van der Waals surface area (Å²) in [6.07, 6.45) is 0. The minimum absolute atomic E-state index is 0.505. The van der Waals surface area contributed by atoms with Gasteiger partial charge in [0.2, 0.25) is 0 Å². The van der Waals surface area contributed by atoms with Crippen molar-refractivity contribution in [3.8, 4) is 11.8 Å². The molecule has 1 aliphatic heterocycles. The molecule has 0 spiro atoms. The normalized spacial score (nSPS) is 13.1. The first kappa shape index (κ1) is 17.3. The Hall–Kier alpha value is -2.48. The van der Waals surface area contributed by atoms with E-state index in [4.69, 9.17) is 11.6 Å². The first-order valence-electron chi connectivity index (χ1n) is 8.01. The van der Waals surface area contributed by atoms with E-state index in [2.05, 4.69) is 22.2 Å². The second-order valence-corrected chi connectivity index (χ2v) is 6.86. The molecule has 25 heavy (non-hydrogen) atoms. The van der Waals surface area contributed by atoms with Crippen molar-refractivity contribution in [1.82, 2.24) is 0 Å². The molecule has 5 heteroatoms. The molecule has 0 fully saturated rings. The van der Waals surface area contributed by atoms with Crippen molar-refractivity contribution in [2.75, 3.05) is 23.9 Å². The Kier molecular flexibility index (Phi) is 4.71. The molecule has 2 N–H and O–H groups in total. The molecule has 2 aromatic carbocycles. The number of aliphatic imine (C=N–C) groups is 1. The van der Waals surface area contributed by atoms with Crippen molar-refractivity contribution in [2.45, 2.75) is 19.4 Å². The lowest BCUT2D eigenvalue weighted by Crippen LogP contribution is -2.31. The highest BCUT2D eigenvalue weighted by atomic mass is 35.5. The van der Waals surface area contributed by atoms with E-state index in [1.165, 1.54) is 0 Å². The van der Waals surface area contributed by atoms with Crippen LogP contribution in [-0.2, 0) is 0 Å². The second-order valence-electron chi connectivity index (χ2n) is 6.42. The summed E-state index contributed by atoms with van der Waals surface area (Å²) in [4.78, 5) is 6.63. The highest BCUT2D eigenvalue weighted by Gasteiger charge is 2.18. The zero-order valence-electron chi connectivity index (χ0n) is 14.5. The summed E-state index contributed by atoms with van der Waals surface area (Å²) in [7, 11) is 1.98. The van der Waals surface area contributed by atoms with Crippen LogP contribution in [0.4, 0.5) is 11.4 Å². The number of hydrogen-bond acceptors (Lipinski definition) is 4. The Morgan fingerprint density at radius 3 is 2.80 bits per heavy atom. The zero-order valence-corrected chi connectivity index (χ0v) is 15.2. The number of nitrogens with zero attached hydrogens (tertiary/aromatic N) is 2. The largest absolute Gasteiger partial charge is 0.378 e. The Bertz CT molecular complexity index is 888. The molecule has 1 heterocycles. The third-order valence-corrected chi connectivity index (χ3v) is 4.02. The van der Waals surface area contributed by atoms with Crippen molar-refractivity contribution in [3.63, 3.8) is 0 Å². The fourth-order valence-corrected chi connectivity index (χ4v) is 2.74. The molecule has 128 valence electrons. The minimum atomic E-state index is -1.01. The van der Waals surface area contributed by atoms with E-state index in [1.54, 1.807) is 13.8 Å². The van der Waals surface area contributed by atoms with Gasteiger partial charge in [-0.15, -0.1) is 0 Å². The number of hydrogen-bond donors (Lipinski definition) is 2. The smallest absolute Gasteiger partial charge is 0.139 e. The van der Waals surface area contributed by atoms with E-state index in [9.17, 15) is 5.11 Å². The molecule has 1 aliphatic rings. The summed E-state index contributed by atoms with van der Waals surface area (Å²) < 4.78 is 0. The van der Waals surface area contributed by atoms with Crippen LogP contribution >= 0.6 is 11.6 Å². The molecule has 3 rings (SSSR count). The lowest BCUT2D eigenvalue weighted by Gasteiger charge is -2.27. The summed E-state index contributed by atoms with van der Waals surface area (Å²) in [6, 6.07) is 13.6. The van der Waals surface area contributed by atoms with Crippen LogP contribution in [0.2, 0.25) is 5.02 Å². The molecule has 0 saturated carbocycles. The van der Waals surface area contributed by atoms with E-state index < -0.39 is 5.60 Å². The average Bonchev–Trinajstić information content (AvgIpc) is 2.58. The molecule has 0 aromatic heterocycles. The minimum Gasteiger partial charge on any atom is -0.378 e. The highest BCUT2D eigenvalue weighted by Crippen LogP contribution is 2.27. The Morgan fingerprint density at radius 2 is 2.04 bits per heavy atom. The maximum atomic E-state index is 9.77. The number of aliphatic hydroxyl groups is 1. The number of amidine groups is 1.